The van der Waals surface area contributed by atoms with Gasteiger partial charge >= 0.3 is 0 Å². The lowest BCUT2D eigenvalue weighted by molar-refractivity contribution is -0.121. The van der Waals surface area contributed by atoms with Crippen LogP contribution in [0, 0.1) is 0 Å². The van der Waals surface area contributed by atoms with Crippen molar-refractivity contribution in [3.05, 3.63) is 59.4 Å². The second kappa shape index (κ2) is 8.93. The van der Waals surface area contributed by atoms with Crippen LogP contribution in [0.2, 0.25) is 0 Å². The maximum absolute atomic E-state index is 11.9. The number of pyridine rings is 1. The summed E-state index contributed by atoms with van der Waals surface area (Å²) in [5.41, 5.74) is 4.67. The van der Waals surface area contributed by atoms with E-state index in [1.54, 1.807) is 6.20 Å². The first-order chi connectivity index (χ1) is 11.2. The largest absolute Gasteiger partial charge is 0.384 e. The predicted molar refractivity (Wildman–Crippen MR) is 94.4 cm³/mol. The van der Waals surface area contributed by atoms with Gasteiger partial charge in [-0.15, -0.1) is 0 Å². The predicted octanol–water partition coefficient (Wildman–Crippen LogP) is 3.32. The number of rotatable bonds is 8. The molecule has 0 saturated carbocycles. The minimum atomic E-state index is 0.0372. The average molecular weight is 311 g/mol. The minimum absolute atomic E-state index is 0.0372. The van der Waals surface area contributed by atoms with Gasteiger partial charge in [-0.3, -0.25) is 9.78 Å². The van der Waals surface area contributed by atoms with Crippen molar-refractivity contribution in [1.29, 1.82) is 0 Å². The molecule has 1 aromatic carbocycles. The molecule has 1 amide bonds. The van der Waals surface area contributed by atoms with Gasteiger partial charge in [-0.05, 0) is 36.1 Å². The number of amides is 1. The minimum Gasteiger partial charge on any atom is -0.384 e. The van der Waals surface area contributed by atoms with Gasteiger partial charge in [0.25, 0.3) is 0 Å². The van der Waals surface area contributed by atoms with Crippen LogP contribution in [0.25, 0.3) is 0 Å². The Morgan fingerprint density at radius 2 is 1.78 bits per heavy atom. The van der Waals surface area contributed by atoms with Crippen molar-refractivity contribution in [3.8, 4) is 0 Å². The summed E-state index contributed by atoms with van der Waals surface area (Å²) in [5.74, 6) is 0.0372. The Hall–Kier alpha value is -2.36. The van der Waals surface area contributed by atoms with Crippen LogP contribution in [-0.2, 0) is 24.2 Å². The summed E-state index contributed by atoms with van der Waals surface area (Å²) < 4.78 is 0. The number of hydrogen-bond donors (Lipinski definition) is 2. The first-order valence-electron chi connectivity index (χ1n) is 8.25. The second-order valence-corrected chi connectivity index (χ2v) is 5.43. The monoisotopic (exact) mass is 311 g/mol. The Morgan fingerprint density at radius 1 is 1.04 bits per heavy atom. The molecule has 4 nitrogen and oxygen atoms in total. The molecule has 0 bridgehead atoms. The van der Waals surface area contributed by atoms with E-state index in [1.165, 1.54) is 16.8 Å². The maximum Gasteiger partial charge on any atom is 0.222 e. The summed E-state index contributed by atoms with van der Waals surface area (Å²) in [6, 6.07) is 12.1. The number of aryl methyl sites for hydroxylation is 2. The SMILES string of the molecule is CCc1cccc(CC)c1NCCC(=O)NCc1ccccn1. The molecule has 1 heterocycles. The van der Waals surface area contributed by atoms with E-state index in [4.69, 9.17) is 0 Å². The van der Waals surface area contributed by atoms with E-state index in [1.807, 2.05) is 18.2 Å². The van der Waals surface area contributed by atoms with Crippen molar-refractivity contribution >= 4 is 11.6 Å². The normalized spacial score (nSPS) is 10.3. The highest BCUT2D eigenvalue weighted by Gasteiger charge is 2.07. The Labute approximate surface area is 138 Å². The van der Waals surface area contributed by atoms with E-state index in [0.29, 0.717) is 19.5 Å². The Kier molecular flexibility index (Phi) is 6.60. The third kappa shape index (κ3) is 5.09. The van der Waals surface area contributed by atoms with E-state index in [2.05, 4.69) is 47.7 Å². The lowest BCUT2D eigenvalue weighted by Gasteiger charge is -2.15. The van der Waals surface area contributed by atoms with Gasteiger partial charge in [-0.1, -0.05) is 38.1 Å². The van der Waals surface area contributed by atoms with Gasteiger partial charge in [0.1, 0.15) is 0 Å². The van der Waals surface area contributed by atoms with Crippen LogP contribution in [0.3, 0.4) is 0 Å². The van der Waals surface area contributed by atoms with Gasteiger partial charge < -0.3 is 10.6 Å². The van der Waals surface area contributed by atoms with Gasteiger partial charge in [0.2, 0.25) is 5.91 Å². The molecule has 0 aliphatic rings. The zero-order valence-corrected chi connectivity index (χ0v) is 13.9. The van der Waals surface area contributed by atoms with Crippen LogP contribution in [0.4, 0.5) is 5.69 Å². The number of carbonyl (C=O) groups excluding carboxylic acids is 1. The van der Waals surface area contributed by atoms with Crippen LogP contribution < -0.4 is 10.6 Å². The molecule has 2 rings (SSSR count). The summed E-state index contributed by atoms with van der Waals surface area (Å²) in [6.07, 6.45) is 4.16. The van der Waals surface area contributed by atoms with Gasteiger partial charge in [-0.25, -0.2) is 0 Å². The molecule has 0 spiro atoms. The van der Waals surface area contributed by atoms with Crippen LogP contribution in [0.15, 0.2) is 42.6 Å². The molecule has 0 unspecified atom stereocenters. The Bertz CT molecular complexity index is 604. The van der Waals surface area contributed by atoms with Crippen molar-refractivity contribution in [2.75, 3.05) is 11.9 Å². The first kappa shape index (κ1) is 17.0. The van der Waals surface area contributed by atoms with Crippen molar-refractivity contribution in [2.24, 2.45) is 0 Å². The fraction of sp³-hybridized carbons (Fsp3) is 0.368. The first-order valence-corrected chi connectivity index (χ1v) is 8.25. The molecular weight excluding hydrogens is 286 g/mol. The third-order valence-electron chi connectivity index (χ3n) is 3.85. The van der Waals surface area contributed by atoms with Gasteiger partial charge in [0.15, 0.2) is 0 Å². The van der Waals surface area contributed by atoms with Crippen LogP contribution in [-0.4, -0.2) is 17.4 Å². The molecular formula is C19H25N3O. The van der Waals surface area contributed by atoms with E-state index in [0.717, 1.165) is 18.5 Å². The lowest BCUT2D eigenvalue weighted by atomic mass is 10.0. The van der Waals surface area contributed by atoms with Gasteiger partial charge in [0.05, 0.1) is 12.2 Å². The molecule has 4 heteroatoms. The quantitative estimate of drug-likeness (QED) is 0.786. The second-order valence-electron chi connectivity index (χ2n) is 5.43. The van der Waals surface area contributed by atoms with Gasteiger partial charge in [-0.2, -0.15) is 0 Å². The third-order valence-corrected chi connectivity index (χ3v) is 3.85. The molecule has 2 N–H and O–H groups in total. The van der Waals surface area contributed by atoms with E-state index < -0.39 is 0 Å². The van der Waals surface area contributed by atoms with Crippen molar-refractivity contribution in [3.63, 3.8) is 0 Å². The number of carbonyl (C=O) groups is 1. The number of para-hydroxylation sites is 1. The standard InChI is InChI=1S/C19H25N3O/c1-3-15-8-7-9-16(4-2)19(15)21-13-11-18(23)22-14-17-10-5-6-12-20-17/h5-10,12,21H,3-4,11,13-14H2,1-2H3,(H,22,23). The molecule has 0 aliphatic carbocycles. The smallest absolute Gasteiger partial charge is 0.222 e. The van der Waals surface area contributed by atoms with Crippen molar-refractivity contribution < 1.29 is 4.79 Å². The highest BCUT2D eigenvalue weighted by molar-refractivity contribution is 5.76. The van der Waals surface area contributed by atoms with E-state index in [9.17, 15) is 4.79 Å². The summed E-state index contributed by atoms with van der Waals surface area (Å²) >= 11 is 0. The maximum atomic E-state index is 11.9. The molecule has 0 radical (unpaired) electrons. The summed E-state index contributed by atoms with van der Waals surface area (Å²) in [4.78, 5) is 16.1. The molecule has 0 aliphatic heterocycles. The Balaban J connectivity index is 1.82. The highest BCUT2D eigenvalue weighted by atomic mass is 16.1. The average Bonchev–Trinajstić information content (AvgIpc) is 2.60. The number of hydrogen-bond acceptors (Lipinski definition) is 3. The molecule has 23 heavy (non-hydrogen) atoms. The number of anilines is 1. The molecule has 2 aromatic rings. The fourth-order valence-electron chi connectivity index (χ4n) is 2.55. The fourth-order valence-corrected chi connectivity index (χ4v) is 2.55. The van der Waals surface area contributed by atoms with Gasteiger partial charge in [0, 0.05) is 24.8 Å². The number of aromatic nitrogens is 1. The summed E-state index contributed by atoms with van der Waals surface area (Å²) in [5, 5.41) is 6.34. The zero-order valence-electron chi connectivity index (χ0n) is 13.9. The van der Waals surface area contributed by atoms with Crippen LogP contribution >= 0.6 is 0 Å². The van der Waals surface area contributed by atoms with Crippen molar-refractivity contribution in [1.82, 2.24) is 10.3 Å². The molecule has 122 valence electrons. The summed E-state index contributed by atoms with van der Waals surface area (Å²) in [7, 11) is 0. The number of nitrogens with zero attached hydrogens (tertiary/aromatic N) is 1. The molecule has 0 atom stereocenters. The lowest BCUT2D eigenvalue weighted by Crippen LogP contribution is -2.25. The van der Waals surface area contributed by atoms with E-state index in [-0.39, 0.29) is 5.91 Å². The summed E-state index contributed by atoms with van der Waals surface area (Å²) in [6.45, 7) is 5.42. The topological polar surface area (TPSA) is 54.0 Å². The highest BCUT2D eigenvalue weighted by Crippen LogP contribution is 2.22. The number of nitrogens with one attached hydrogen (secondary N) is 2. The van der Waals surface area contributed by atoms with Crippen LogP contribution in [0.5, 0.6) is 0 Å². The van der Waals surface area contributed by atoms with Crippen molar-refractivity contribution in [2.45, 2.75) is 39.7 Å². The van der Waals surface area contributed by atoms with E-state index >= 15 is 0 Å². The zero-order chi connectivity index (χ0) is 16.5. The molecule has 0 saturated heterocycles. The van der Waals surface area contributed by atoms with Crippen LogP contribution in [0.1, 0.15) is 37.1 Å². The Morgan fingerprint density at radius 3 is 2.39 bits per heavy atom. The number of benzene rings is 1. The molecule has 0 fully saturated rings. The molecule has 1 aromatic heterocycles.